The molecule has 0 spiro atoms. The van der Waals surface area contributed by atoms with Gasteiger partial charge < -0.3 is 15.3 Å². The molecule has 1 saturated carbocycles. The molecule has 0 bridgehead atoms. The van der Waals surface area contributed by atoms with Crippen molar-refractivity contribution in [1.29, 1.82) is 0 Å². The Morgan fingerprint density at radius 1 is 1.23 bits per heavy atom. The fourth-order valence-corrected chi connectivity index (χ4v) is 1.82. The summed E-state index contributed by atoms with van der Waals surface area (Å²) in [5.74, 6) is 0.123. The van der Waals surface area contributed by atoms with E-state index in [-0.39, 0.29) is 12.3 Å². The zero-order chi connectivity index (χ0) is 10.3. The molecule has 0 unspecified atom stereocenters. The van der Waals surface area contributed by atoms with Gasteiger partial charge in [0.15, 0.2) is 0 Å². The molecule has 1 fully saturated rings. The van der Waals surface area contributed by atoms with Crippen LogP contribution in [0.2, 0.25) is 0 Å². The fourth-order valence-electron chi connectivity index (χ4n) is 1.82. The molecule has 13 heavy (non-hydrogen) atoms. The Morgan fingerprint density at radius 3 is 2.15 bits per heavy atom. The molecular weight excluding hydrogens is 168 g/mol. The highest BCUT2D eigenvalue weighted by molar-refractivity contribution is 4.98. The summed E-state index contributed by atoms with van der Waals surface area (Å²) in [6.45, 7) is 5.50. The van der Waals surface area contributed by atoms with Crippen LogP contribution in [0.3, 0.4) is 0 Å². The number of aliphatic hydroxyl groups excluding tert-OH is 1. The van der Waals surface area contributed by atoms with Crippen LogP contribution in [0.4, 0.5) is 0 Å². The summed E-state index contributed by atoms with van der Waals surface area (Å²) in [4.78, 5) is 0. The van der Waals surface area contributed by atoms with Crippen LogP contribution in [-0.2, 0) is 0 Å². The molecule has 0 aliphatic heterocycles. The van der Waals surface area contributed by atoms with Gasteiger partial charge in [-0.2, -0.15) is 0 Å². The van der Waals surface area contributed by atoms with Crippen LogP contribution in [-0.4, -0.2) is 32.6 Å². The van der Waals surface area contributed by atoms with Crippen LogP contribution in [0.1, 0.15) is 40.0 Å². The van der Waals surface area contributed by atoms with Crippen molar-refractivity contribution < 1.29 is 15.3 Å². The maximum atomic E-state index is 10.1. The predicted molar refractivity (Wildman–Crippen MR) is 50.3 cm³/mol. The molecule has 0 aromatic heterocycles. The Balaban J connectivity index is 2.70. The van der Waals surface area contributed by atoms with E-state index in [9.17, 15) is 15.3 Å². The molecule has 1 aliphatic rings. The first-order chi connectivity index (χ1) is 5.78. The van der Waals surface area contributed by atoms with Gasteiger partial charge in [-0.3, -0.25) is 0 Å². The molecule has 3 atom stereocenters. The minimum Gasteiger partial charge on any atom is -0.390 e. The summed E-state index contributed by atoms with van der Waals surface area (Å²) in [6.07, 6.45) is 0.489. The SMILES string of the molecule is CC(C)[C@@]1(O)CC[C@](C)(O)[C@@H](O)C1. The normalized spacial score (nSPS) is 46.8. The predicted octanol–water partition coefficient (Wildman–Crippen LogP) is 0.669. The van der Waals surface area contributed by atoms with Crippen LogP contribution >= 0.6 is 0 Å². The molecule has 3 N–H and O–H groups in total. The molecule has 3 heteroatoms. The second-order valence-electron chi connectivity index (χ2n) is 4.84. The fraction of sp³-hybridized carbons (Fsp3) is 1.00. The van der Waals surface area contributed by atoms with Gasteiger partial charge in [0.1, 0.15) is 0 Å². The van der Waals surface area contributed by atoms with Crippen LogP contribution in [0.5, 0.6) is 0 Å². The lowest BCUT2D eigenvalue weighted by molar-refractivity contribution is -0.160. The smallest absolute Gasteiger partial charge is 0.0879 e. The van der Waals surface area contributed by atoms with Crippen molar-refractivity contribution in [3.63, 3.8) is 0 Å². The molecule has 1 rings (SSSR count). The van der Waals surface area contributed by atoms with Crippen molar-refractivity contribution in [3.05, 3.63) is 0 Å². The van der Waals surface area contributed by atoms with Crippen molar-refractivity contribution >= 4 is 0 Å². The van der Waals surface area contributed by atoms with E-state index < -0.39 is 17.3 Å². The maximum absolute atomic E-state index is 10.1. The summed E-state index contributed by atoms with van der Waals surface area (Å²) in [7, 11) is 0. The van der Waals surface area contributed by atoms with E-state index in [0.29, 0.717) is 12.8 Å². The van der Waals surface area contributed by atoms with Crippen molar-refractivity contribution in [2.24, 2.45) is 5.92 Å². The van der Waals surface area contributed by atoms with Gasteiger partial charge in [-0.15, -0.1) is 0 Å². The molecular formula is C10H20O3. The Bertz CT molecular complexity index is 189. The monoisotopic (exact) mass is 188 g/mol. The van der Waals surface area contributed by atoms with Crippen molar-refractivity contribution in [1.82, 2.24) is 0 Å². The molecule has 0 aromatic rings. The van der Waals surface area contributed by atoms with Gasteiger partial charge in [0.25, 0.3) is 0 Å². The summed E-state index contributed by atoms with van der Waals surface area (Å²) in [6, 6.07) is 0. The number of rotatable bonds is 1. The Kier molecular flexibility index (Phi) is 2.72. The van der Waals surface area contributed by atoms with Gasteiger partial charge in [0.2, 0.25) is 0 Å². The summed E-state index contributed by atoms with van der Waals surface area (Å²) < 4.78 is 0. The molecule has 0 radical (unpaired) electrons. The standard InChI is InChI=1S/C10H20O3/c1-7(2)10(13)5-4-9(3,12)8(11)6-10/h7-8,11-13H,4-6H2,1-3H3/t8-,9-,10+/m0/s1. The molecule has 0 amide bonds. The van der Waals surface area contributed by atoms with E-state index in [2.05, 4.69) is 0 Å². The highest BCUT2D eigenvalue weighted by Gasteiger charge is 2.45. The van der Waals surface area contributed by atoms with E-state index in [1.54, 1.807) is 6.92 Å². The maximum Gasteiger partial charge on any atom is 0.0879 e. The number of aliphatic hydroxyl groups is 3. The molecule has 0 heterocycles. The Hall–Kier alpha value is -0.120. The lowest BCUT2D eigenvalue weighted by atomic mass is 9.70. The first kappa shape index (κ1) is 11.0. The van der Waals surface area contributed by atoms with Crippen LogP contribution in [0, 0.1) is 5.92 Å². The summed E-state index contributed by atoms with van der Waals surface area (Å²) in [5, 5.41) is 29.4. The lowest BCUT2D eigenvalue weighted by Crippen LogP contribution is -2.53. The third-order valence-electron chi connectivity index (χ3n) is 3.40. The van der Waals surface area contributed by atoms with Crippen LogP contribution < -0.4 is 0 Å². The average Bonchev–Trinajstić information content (AvgIpc) is 1.98. The van der Waals surface area contributed by atoms with Gasteiger partial charge >= 0.3 is 0 Å². The Morgan fingerprint density at radius 2 is 1.77 bits per heavy atom. The highest BCUT2D eigenvalue weighted by atomic mass is 16.3. The highest BCUT2D eigenvalue weighted by Crippen LogP contribution is 2.38. The summed E-state index contributed by atoms with van der Waals surface area (Å²) >= 11 is 0. The lowest BCUT2D eigenvalue weighted by Gasteiger charge is -2.44. The zero-order valence-corrected chi connectivity index (χ0v) is 8.62. The molecule has 0 saturated heterocycles. The topological polar surface area (TPSA) is 60.7 Å². The first-order valence-electron chi connectivity index (χ1n) is 4.91. The van der Waals surface area contributed by atoms with Crippen LogP contribution in [0.25, 0.3) is 0 Å². The molecule has 3 nitrogen and oxygen atoms in total. The van der Waals surface area contributed by atoms with Gasteiger partial charge in [0, 0.05) is 6.42 Å². The minimum absolute atomic E-state index is 0.123. The number of hydrogen-bond donors (Lipinski definition) is 3. The number of hydrogen-bond acceptors (Lipinski definition) is 3. The van der Waals surface area contributed by atoms with E-state index in [1.807, 2.05) is 13.8 Å². The van der Waals surface area contributed by atoms with Crippen molar-refractivity contribution in [3.8, 4) is 0 Å². The van der Waals surface area contributed by atoms with Crippen molar-refractivity contribution in [2.75, 3.05) is 0 Å². The minimum atomic E-state index is -1.03. The second-order valence-corrected chi connectivity index (χ2v) is 4.84. The largest absolute Gasteiger partial charge is 0.390 e. The van der Waals surface area contributed by atoms with E-state index in [0.717, 1.165) is 0 Å². The van der Waals surface area contributed by atoms with Gasteiger partial charge in [-0.05, 0) is 25.7 Å². The molecule has 78 valence electrons. The van der Waals surface area contributed by atoms with Gasteiger partial charge in [0.05, 0.1) is 17.3 Å². The third kappa shape index (κ3) is 2.03. The molecule has 1 aliphatic carbocycles. The van der Waals surface area contributed by atoms with Gasteiger partial charge in [-0.1, -0.05) is 13.8 Å². The first-order valence-corrected chi connectivity index (χ1v) is 4.91. The summed E-state index contributed by atoms with van der Waals surface area (Å²) in [5.41, 5.74) is -1.83. The Labute approximate surface area is 79.4 Å². The third-order valence-corrected chi connectivity index (χ3v) is 3.40. The van der Waals surface area contributed by atoms with Crippen molar-refractivity contribution in [2.45, 2.75) is 57.3 Å². The van der Waals surface area contributed by atoms with E-state index in [1.165, 1.54) is 0 Å². The quantitative estimate of drug-likeness (QED) is 0.567. The zero-order valence-electron chi connectivity index (χ0n) is 8.62. The van der Waals surface area contributed by atoms with Crippen LogP contribution in [0.15, 0.2) is 0 Å². The average molecular weight is 188 g/mol. The second kappa shape index (κ2) is 3.23. The van der Waals surface area contributed by atoms with E-state index >= 15 is 0 Å². The van der Waals surface area contributed by atoms with E-state index in [4.69, 9.17) is 0 Å². The molecule has 0 aromatic carbocycles. The van der Waals surface area contributed by atoms with Gasteiger partial charge in [-0.25, -0.2) is 0 Å².